The summed E-state index contributed by atoms with van der Waals surface area (Å²) in [5, 5.41) is 19.4. The van der Waals surface area contributed by atoms with E-state index in [0.717, 1.165) is 12.1 Å². The van der Waals surface area contributed by atoms with Gasteiger partial charge in [-0.3, -0.25) is 4.90 Å². The number of nitrogens with zero attached hydrogens (tertiary/aromatic N) is 3. The zero-order valence-electron chi connectivity index (χ0n) is 21.0. The molecular formula is C25H32F3N3O5S2. The third-order valence-electron chi connectivity index (χ3n) is 7.35. The maximum absolute atomic E-state index is 13.5. The predicted molar refractivity (Wildman–Crippen MR) is 141 cm³/mol. The standard InChI is InChI=1S/C25H32F3N3O5S2/c1-18-16-36-13-12-29(18)14-21-15-30(38(34,35)23-5-3-2-4-22(23)37)10-11-31(21)20-8-6-19(7-9-20)24(33,17-32)25(26,27)28/h2-3,5-9,18,21,32-33H,4,10-17H2,1H3/t18-,21-,24+/m0/s1. The van der Waals surface area contributed by atoms with Crippen LogP contribution in [0.15, 0.2) is 47.4 Å². The van der Waals surface area contributed by atoms with E-state index in [9.17, 15) is 31.8 Å². The fourth-order valence-corrected chi connectivity index (χ4v) is 7.08. The molecule has 2 saturated heterocycles. The summed E-state index contributed by atoms with van der Waals surface area (Å²) >= 11 is 5.32. The van der Waals surface area contributed by atoms with Crippen molar-refractivity contribution in [3.8, 4) is 0 Å². The fourth-order valence-electron chi connectivity index (χ4n) is 5.01. The molecule has 1 aliphatic carbocycles. The highest BCUT2D eigenvalue weighted by atomic mass is 32.2. The quantitative estimate of drug-likeness (QED) is 0.478. The fraction of sp³-hybridized carbons (Fsp3) is 0.560. The maximum atomic E-state index is 13.5. The molecule has 210 valence electrons. The van der Waals surface area contributed by atoms with E-state index in [1.165, 1.54) is 22.5 Å². The van der Waals surface area contributed by atoms with E-state index >= 15 is 0 Å². The van der Waals surface area contributed by atoms with Gasteiger partial charge in [0.05, 0.1) is 30.8 Å². The monoisotopic (exact) mass is 575 g/mol. The van der Waals surface area contributed by atoms with Crippen molar-refractivity contribution in [2.24, 2.45) is 0 Å². The van der Waals surface area contributed by atoms with Gasteiger partial charge in [0.2, 0.25) is 15.6 Å². The molecule has 3 atom stereocenters. The van der Waals surface area contributed by atoms with Crippen LogP contribution in [0.3, 0.4) is 0 Å². The molecule has 0 amide bonds. The van der Waals surface area contributed by atoms with Crippen molar-refractivity contribution in [3.63, 3.8) is 0 Å². The first-order chi connectivity index (χ1) is 17.9. The molecule has 0 aromatic heterocycles. The molecule has 1 aromatic rings. The van der Waals surface area contributed by atoms with Crippen LogP contribution in [-0.2, 0) is 20.4 Å². The van der Waals surface area contributed by atoms with Gasteiger partial charge < -0.3 is 19.8 Å². The summed E-state index contributed by atoms with van der Waals surface area (Å²) in [6.07, 6.45) is 0.347. The number of halogens is 3. The number of rotatable bonds is 7. The van der Waals surface area contributed by atoms with Gasteiger partial charge in [0, 0.05) is 55.7 Å². The average Bonchev–Trinajstić information content (AvgIpc) is 2.89. The number of hydrogen-bond donors (Lipinski definition) is 2. The summed E-state index contributed by atoms with van der Waals surface area (Å²) in [7, 11) is -3.83. The molecule has 1 aromatic carbocycles. The third-order valence-corrected chi connectivity index (χ3v) is 9.82. The lowest BCUT2D eigenvalue weighted by Crippen LogP contribution is -2.60. The van der Waals surface area contributed by atoms with Gasteiger partial charge in [-0.15, -0.1) is 0 Å². The Hall–Kier alpha value is -1.87. The summed E-state index contributed by atoms with van der Waals surface area (Å²) < 4.78 is 74.2. The van der Waals surface area contributed by atoms with Crippen molar-refractivity contribution in [2.75, 3.05) is 57.4 Å². The molecule has 2 fully saturated rings. The second-order valence-electron chi connectivity index (χ2n) is 9.78. The number of sulfonamides is 1. The number of hydrogen-bond acceptors (Lipinski definition) is 8. The molecule has 8 nitrogen and oxygen atoms in total. The van der Waals surface area contributed by atoms with Gasteiger partial charge in [0.25, 0.3) is 0 Å². The molecule has 3 aliphatic rings. The van der Waals surface area contributed by atoms with Gasteiger partial charge in [-0.1, -0.05) is 36.5 Å². The molecule has 2 N–H and O–H groups in total. The molecule has 2 aliphatic heterocycles. The molecule has 0 radical (unpaired) electrons. The Morgan fingerprint density at radius 3 is 2.47 bits per heavy atom. The lowest BCUT2D eigenvalue weighted by molar-refractivity contribution is -0.277. The number of benzene rings is 1. The molecule has 4 rings (SSSR count). The van der Waals surface area contributed by atoms with Crippen molar-refractivity contribution in [2.45, 2.75) is 37.2 Å². The molecular weight excluding hydrogens is 543 g/mol. The van der Waals surface area contributed by atoms with Crippen LogP contribution in [0.1, 0.15) is 18.9 Å². The Morgan fingerprint density at radius 2 is 1.87 bits per heavy atom. The normalized spacial score (nSPS) is 25.8. The van der Waals surface area contributed by atoms with Gasteiger partial charge in [0.1, 0.15) is 0 Å². The Balaban J connectivity index is 1.62. The SMILES string of the molecule is C[C@H]1COCCN1C[C@H]1CN(S(=O)(=O)C2=CC=CCC2=S)CCN1c1ccc([C@](O)(CO)C(F)(F)F)cc1. The van der Waals surface area contributed by atoms with Crippen LogP contribution in [0, 0.1) is 0 Å². The minimum absolute atomic E-state index is 0.116. The predicted octanol–water partition coefficient (Wildman–Crippen LogP) is 2.18. The van der Waals surface area contributed by atoms with Gasteiger partial charge in [0.15, 0.2) is 0 Å². The van der Waals surface area contributed by atoms with E-state index in [4.69, 9.17) is 17.0 Å². The lowest BCUT2D eigenvalue weighted by atomic mass is 9.93. The number of anilines is 1. The zero-order chi connectivity index (χ0) is 27.7. The second-order valence-corrected chi connectivity index (χ2v) is 12.2. The van der Waals surface area contributed by atoms with E-state index in [1.807, 2.05) is 17.9 Å². The number of thiocarbonyl (C=S) groups is 1. The molecule has 0 spiro atoms. The Bertz CT molecular complexity index is 1190. The average molecular weight is 576 g/mol. The second kappa shape index (κ2) is 11.3. The van der Waals surface area contributed by atoms with Crippen LogP contribution in [0.2, 0.25) is 0 Å². The highest BCUT2D eigenvalue weighted by Crippen LogP contribution is 2.39. The van der Waals surface area contributed by atoms with Crippen molar-refractivity contribution in [1.29, 1.82) is 0 Å². The molecule has 0 unspecified atom stereocenters. The van der Waals surface area contributed by atoms with Gasteiger partial charge in [-0.25, -0.2) is 8.42 Å². The lowest BCUT2D eigenvalue weighted by Gasteiger charge is -2.46. The zero-order valence-corrected chi connectivity index (χ0v) is 22.6. The van der Waals surface area contributed by atoms with Crippen molar-refractivity contribution >= 4 is 32.8 Å². The number of morpholine rings is 1. The number of piperazine rings is 1. The van der Waals surface area contributed by atoms with E-state index in [0.29, 0.717) is 49.8 Å². The van der Waals surface area contributed by atoms with Gasteiger partial charge in [-0.05, 0) is 30.7 Å². The smallest absolute Gasteiger partial charge is 0.393 e. The third kappa shape index (κ3) is 5.69. The topological polar surface area (TPSA) is 93.6 Å². The molecule has 2 heterocycles. The van der Waals surface area contributed by atoms with Crippen LogP contribution in [0.5, 0.6) is 0 Å². The van der Waals surface area contributed by atoms with Crippen LogP contribution in [0.4, 0.5) is 18.9 Å². The van der Waals surface area contributed by atoms with Crippen LogP contribution >= 0.6 is 12.2 Å². The first-order valence-corrected chi connectivity index (χ1v) is 14.2. The minimum atomic E-state index is -5.05. The van der Waals surface area contributed by atoms with Crippen molar-refractivity contribution < 1.29 is 36.5 Å². The number of aliphatic hydroxyl groups is 2. The van der Waals surface area contributed by atoms with E-state index in [1.54, 1.807) is 6.08 Å². The van der Waals surface area contributed by atoms with Crippen LogP contribution in [-0.4, -0.2) is 104 Å². The van der Waals surface area contributed by atoms with Crippen molar-refractivity contribution in [3.05, 3.63) is 53.0 Å². The summed E-state index contributed by atoms with van der Waals surface area (Å²) in [6.45, 7) is 3.47. The number of allylic oxidation sites excluding steroid dienone is 4. The highest BCUT2D eigenvalue weighted by molar-refractivity contribution is 7.96. The summed E-state index contributed by atoms with van der Waals surface area (Å²) in [5.41, 5.74) is -3.25. The number of ether oxygens (including phenoxy) is 1. The largest absolute Gasteiger partial charge is 0.423 e. The summed E-state index contributed by atoms with van der Waals surface area (Å²) in [5.74, 6) is 0. The van der Waals surface area contributed by atoms with Crippen LogP contribution in [0.25, 0.3) is 0 Å². The van der Waals surface area contributed by atoms with Gasteiger partial charge in [-0.2, -0.15) is 17.5 Å². The molecule has 0 saturated carbocycles. The number of alkyl halides is 3. The Labute approximate surface area is 226 Å². The molecule has 0 bridgehead atoms. The van der Waals surface area contributed by atoms with E-state index in [2.05, 4.69) is 4.90 Å². The first kappa shape index (κ1) is 29.1. The summed E-state index contributed by atoms with van der Waals surface area (Å²) in [6, 6.07) is 5.03. The van der Waals surface area contributed by atoms with Crippen LogP contribution < -0.4 is 4.90 Å². The maximum Gasteiger partial charge on any atom is 0.423 e. The Kier molecular flexibility index (Phi) is 8.67. The summed E-state index contributed by atoms with van der Waals surface area (Å²) in [4.78, 5) is 4.69. The van der Waals surface area contributed by atoms with Gasteiger partial charge >= 0.3 is 6.18 Å². The minimum Gasteiger partial charge on any atom is -0.393 e. The van der Waals surface area contributed by atoms with E-state index < -0.39 is 34.0 Å². The van der Waals surface area contributed by atoms with Crippen molar-refractivity contribution in [1.82, 2.24) is 9.21 Å². The van der Waals surface area contributed by atoms with E-state index in [-0.39, 0.29) is 30.1 Å². The highest BCUT2D eigenvalue weighted by Gasteiger charge is 2.54. The molecule has 38 heavy (non-hydrogen) atoms. The molecule has 13 heteroatoms. The number of aliphatic hydroxyl groups excluding tert-OH is 1. The Morgan fingerprint density at radius 1 is 1.16 bits per heavy atom. The first-order valence-electron chi connectivity index (χ1n) is 12.4.